The first-order chi connectivity index (χ1) is 12.1. The standard InChI is InChI=1S/C18H24N4O2S/c1-19-16(23)11-21(2)17(24)12-22-9-5-6-13(10-22)18-20-14-7-3-4-8-15(14)25-18/h3-4,7-8,13H,5-6,9-12H2,1-2H3,(H,19,23)/t13-/m1/s1. The minimum absolute atomic E-state index is 0.0199. The van der Waals surface area contributed by atoms with Gasteiger partial charge in [0.1, 0.15) is 0 Å². The van der Waals surface area contributed by atoms with E-state index in [0.29, 0.717) is 12.5 Å². The lowest BCUT2D eigenvalue weighted by Gasteiger charge is -2.32. The number of thiazole rings is 1. The second kappa shape index (κ2) is 7.93. The van der Waals surface area contributed by atoms with Crippen molar-refractivity contribution >= 4 is 33.4 Å². The van der Waals surface area contributed by atoms with Crippen LogP contribution in [0.4, 0.5) is 0 Å². The first-order valence-corrected chi connectivity index (χ1v) is 9.41. The second-order valence-corrected chi connectivity index (χ2v) is 7.58. The molecule has 1 atom stereocenters. The van der Waals surface area contributed by atoms with Gasteiger partial charge in [-0.05, 0) is 31.5 Å². The summed E-state index contributed by atoms with van der Waals surface area (Å²) >= 11 is 1.76. The summed E-state index contributed by atoms with van der Waals surface area (Å²) in [5.41, 5.74) is 1.06. The van der Waals surface area contributed by atoms with Gasteiger partial charge in [-0.15, -0.1) is 11.3 Å². The Balaban J connectivity index is 1.61. The van der Waals surface area contributed by atoms with E-state index >= 15 is 0 Å². The van der Waals surface area contributed by atoms with Crippen molar-refractivity contribution in [2.75, 3.05) is 40.3 Å². The molecule has 6 nitrogen and oxygen atoms in total. The number of fused-ring (bicyclic) bond motifs is 1. The molecule has 7 heteroatoms. The quantitative estimate of drug-likeness (QED) is 0.881. The summed E-state index contributed by atoms with van der Waals surface area (Å²) in [6.45, 7) is 2.22. The summed E-state index contributed by atoms with van der Waals surface area (Å²) in [6.07, 6.45) is 2.17. The number of benzene rings is 1. The highest BCUT2D eigenvalue weighted by molar-refractivity contribution is 7.18. The fourth-order valence-corrected chi connectivity index (χ4v) is 4.25. The second-order valence-electron chi connectivity index (χ2n) is 6.52. The van der Waals surface area contributed by atoms with Gasteiger partial charge in [-0.25, -0.2) is 4.98 Å². The Morgan fingerprint density at radius 2 is 2.20 bits per heavy atom. The number of carbonyl (C=O) groups excluding carboxylic acids is 2. The van der Waals surface area contributed by atoms with Crippen LogP contribution in [0.3, 0.4) is 0 Å². The molecule has 0 aliphatic carbocycles. The van der Waals surface area contributed by atoms with Gasteiger partial charge in [-0.1, -0.05) is 12.1 Å². The normalized spacial score (nSPS) is 18.2. The topological polar surface area (TPSA) is 65.5 Å². The average molecular weight is 360 g/mol. The van der Waals surface area contributed by atoms with Gasteiger partial charge in [0.15, 0.2) is 0 Å². The van der Waals surface area contributed by atoms with Crippen molar-refractivity contribution < 1.29 is 9.59 Å². The van der Waals surface area contributed by atoms with E-state index in [4.69, 9.17) is 4.98 Å². The van der Waals surface area contributed by atoms with Crippen LogP contribution in [0.15, 0.2) is 24.3 Å². The molecule has 2 amide bonds. The fraction of sp³-hybridized carbons (Fsp3) is 0.500. The van der Waals surface area contributed by atoms with Crippen LogP contribution < -0.4 is 5.32 Å². The highest BCUT2D eigenvalue weighted by Gasteiger charge is 2.26. The van der Waals surface area contributed by atoms with E-state index in [2.05, 4.69) is 16.3 Å². The van der Waals surface area contributed by atoms with Crippen molar-refractivity contribution in [3.05, 3.63) is 29.3 Å². The summed E-state index contributed by atoms with van der Waals surface area (Å²) in [5, 5.41) is 3.71. The highest BCUT2D eigenvalue weighted by atomic mass is 32.1. The van der Waals surface area contributed by atoms with Crippen LogP contribution in [-0.2, 0) is 9.59 Å². The third-order valence-electron chi connectivity index (χ3n) is 4.61. The summed E-state index contributed by atoms with van der Waals surface area (Å²) in [4.78, 5) is 32.2. The molecule has 25 heavy (non-hydrogen) atoms. The average Bonchev–Trinajstić information content (AvgIpc) is 3.06. The van der Waals surface area contributed by atoms with Gasteiger partial charge in [-0.2, -0.15) is 0 Å². The molecule has 0 spiro atoms. The van der Waals surface area contributed by atoms with Crippen LogP contribution >= 0.6 is 11.3 Å². The van der Waals surface area contributed by atoms with Crippen molar-refractivity contribution in [3.8, 4) is 0 Å². The molecule has 1 aromatic heterocycles. The van der Waals surface area contributed by atoms with E-state index in [-0.39, 0.29) is 18.4 Å². The summed E-state index contributed by atoms with van der Waals surface area (Å²) < 4.78 is 1.22. The number of likely N-dealkylation sites (tertiary alicyclic amines) is 1. The lowest BCUT2D eigenvalue weighted by atomic mass is 9.99. The predicted molar refractivity (Wildman–Crippen MR) is 99.7 cm³/mol. The first kappa shape index (κ1) is 17.8. The van der Waals surface area contributed by atoms with E-state index in [0.717, 1.165) is 36.5 Å². The molecule has 1 aliphatic heterocycles. The Kier molecular flexibility index (Phi) is 5.65. The van der Waals surface area contributed by atoms with Gasteiger partial charge in [0.05, 0.1) is 28.3 Å². The van der Waals surface area contributed by atoms with Crippen molar-refractivity contribution in [1.82, 2.24) is 20.1 Å². The number of piperidine rings is 1. The van der Waals surface area contributed by atoms with Gasteiger partial charge in [0.2, 0.25) is 11.8 Å². The fourth-order valence-electron chi connectivity index (χ4n) is 3.16. The van der Waals surface area contributed by atoms with Crippen LogP contribution in [0, 0.1) is 0 Å². The Morgan fingerprint density at radius 1 is 1.40 bits per heavy atom. The SMILES string of the molecule is CNC(=O)CN(C)C(=O)CN1CCC[C@@H](c2nc3ccccc3s2)C1. The smallest absolute Gasteiger partial charge is 0.239 e. The van der Waals surface area contributed by atoms with Gasteiger partial charge >= 0.3 is 0 Å². The molecule has 1 N–H and O–H groups in total. The van der Waals surface area contributed by atoms with Crippen molar-refractivity contribution in [2.24, 2.45) is 0 Å². The Labute approximate surface area is 151 Å². The van der Waals surface area contributed by atoms with Gasteiger partial charge < -0.3 is 10.2 Å². The van der Waals surface area contributed by atoms with Crippen LogP contribution in [0.1, 0.15) is 23.8 Å². The molecule has 1 aliphatic rings. The third kappa shape index (κ3) is 4.35. The maximum Gasteiger partial charge on any atom is 0.239 e. The zero-order valence-electron chi connectivity index (χ0n) is 14.7. The number of nitrogens with zero attached hydrogens (tertiary/aromatic N) is 3. The molecule has 1 fully saturated rings. The molecule has 0 saturated carbocycles. The Hall–Kier alpha value is -1.99. The van der Waals surface area contributed by atoms with E-state index in [1.54, 1.807) is 25.4 Å². The lowest BCUT2D eigenvalue weighted by Crippen LogP contribution is -2.45. The Bertz CT molecular complexity index is 727. The van der Waals surface area contributed by atoms with Crippen LogP contribution in [-0.4, -0.2) is 66.9 Å². The highest BCUT2D eigenvalue weighted by Crippen LogP contribution is 2.32. The van der Waals surface area contributed by atoms with E-state index in [9.17, 15) is 9.59 Å². The summed E-state index contributed by atoms with van der Waals surface area (Å²) in [6, 6.07) is 8.21. The van der Waals surface area contributed by atoms with Crippen LogP contribution in [0.5, 0.6) is 0 Å². The van der Waals surface area contributed by atoms with Gasteiger partial charge in [0.25, 0.3) is 0 Å². The number of rotatable bonds is 5. The zero-order chi connectivity index (χ0) is 17.8. The maximum absolute atomic E-state index is 12.3. The largest absolute Gasteiger partial charge is 0.358 e. The van der Waals surface area contributed by atoms with Crippen LogP contribution in [0.25, 0.3) is 10.2 Å². The molecule has 0 bridgehead atoms. The summed E-state index contributed by atoms with van der Waals surface area (Å²) in [5.74, 6) is 0.207. The minimum Gasteiger partial charge on any atom is -0.358 e. The van der Waals surface area contributed by atoms with E-state index in [1.165, 1.54) is 9.60 Å². The monoisotopic (exact) mass is 360 g/mol. The molecular weight excluding hydrogens is 336 g/mol. The molecule has 1 saturated heterocycles. The number of hydrogen-bond donors (Lipinski definition) is 1. The molecule has 1 aromatic carbocycles. The van der Waals surface area contributed by atoms with Gasteiger partial charge in [0, 0.05) is 26.6 Å². The predicted octanol–water partition coefficient (Wildman–Crippen LogP) is 1.68. The number of hydrogen-bond acceptors (Lipinski definition) is 5. The third-order valence-corrected chi connectivity index (χ3v) is 5.81. The molecule has 0 radical (unpaired) electrons. The maximum atomic E-state index is 12.3. The van der Waals surface area contributed by atoms with Crippen molar-refractivity contribution in [3.63, 3.8) is 0 Å². The van der Waals surface area contributed by atoms with E-state index in [1.807, 2.05) is 18.2 Å². The number of aromatic nitrogens is 1. The first-order valence-electron chi connectivity index (χ1n) is 8.59. The summed E-state index contributed by atoms with van der Waals surface area (Å²) in [7, 11) is 3.25. The number of para-hydroxylation sites is 1. The molecule has 134 valence electrons. The number of likely N-dealkylation sites (N-methyl/N-ethyl adjacent to an activating group) is 2. The number of nitrogens with one attached hydrogen (secondary N) is 1. The van der Waals surface area contributed by atoms with Gasteiger partial charge in [-0.3, -0.25) is 14.5 Å². The van der Waals surface area contributed by atoms with Crippen molar-refractivity contribution in [2.45, 2.75) is 18.8 Å². The number of amides is 2. The minimum atomic E-state index is -0.151. The number of carbonyl (C=O) groups is 2. The van der Waals surface area contributed by atoms with E-state index < -0.39 is 0 Å². The Morgan fingerprint density at radius 3 is 2.96 bits per heavy atom. The lowest BCUT2D eigenvalue weighted by molar-refractivity contribution is -0.135. The molecule has 2 heterocycles. The molecular formula is C18H24N4O2S. The molecule has 3 rings (SSSR count). The zero-order valence-corrected chi connectivity index (χ0v) is 15.5. The van der Waals surface area contributed by atoms with Crippen LogP contribution in [0.2, 0.25) is 0 Å². The van der Waals surface area contributed by atoms with Crippen molar-refractivity contribution in [1.29, 1.82) is 0 Å². The molecule has 2 aromatic rings. The molecule has 0 unspecified atom stereocenters.